The van der Waals surface area contributed by atoms with E-state index in [0.717, 1.165) is 37.6 Å². The van der Waals surface area contributed by atoms with Gasteiger partial charge in [0.05, 0.1) is 20.8 Å². The number of ether oxygens (including phenoxy) is 2. The summed E-state index contributed by atoms with van der Waals surface area (Å²) in [4.78, 5) is 2.42. The second-order valence-corrected chi connectivity index (χ2v) is 6.50. The summed E-state index contributed by atoms with van der Waals surface area (Å²) in [5, 5.41) is 9.62. The Kier molecular flexibility index (Phi) is 3.18. The van der Waals surface area contributed by atoms with Gasteiger partial charge in [0.15, 0.2) is 0 Å². The van der Waals surface area contributed by atoms with Crippen molar-refractivity contribution < 1.29 is 14.6 Å². The normalized spacial score (nSPS) is 32.0. The maximum absolute atomic E-state index is 9.62. The van der Waals surface area contributed by atoms with Crippen molar-refractivity contribution in [2.24, 2.45) is 10.8 Å². The summed E-state index contributed by atoms with van der Waals surface area (Å²) in [5.41, 5.74) is 1.63. The number of aliphatic hydroxyl groups excluding tert-OH is 1. The molecule has 2 aliphatic rings. The van der Waals surface area contributed by atoms with Crippen LogP contribution in [0.2, 0.25) is 0 Å². The Balaban J connectivity index is 1.73. The molecule has 1 aromatic carbocycles. The topological polar surface area (TPSA) is 41.9 Å². The fourth-order valence-corrected chi connectivity index (χ4v) is 3.78. The zero-order valence-corrected chi connectivity index (χ0v) is 12.5. The molecule has 1 aliphatic heterocycles. The Morgan fingerprint density at radius 3 is 2.65 bits per heavy atom. The zero-order valence-electron chi connectivity index (χ0n) is 12.5. The predicted octanol–water partition coefficient (Wildman–Crippen LogP) is 1.91. The third-order valence-electron chi connectivity index (χ3n) is 5.17. The number of hydrogen-bond acceptors (Lipinski definition) is 4. The fraction of sp³-hybridized carbons (Fsp3) is 0.625. The summed E-state index contributed by atoms with van der Waals surface area (Å²) in [6.45, 7) is 5.50. The maximum atomic E-state index is 9.62. The van der Waals surface area contributed by atoms with E-state index in [0.29, 0.717) is 12.0 Å². The van der Waals surface area contributed by atoms with Crippen LogP contribution in [0.5, 0.6) is 11.5 Å². The van der Waals surface area contributed by atoms with Gasteiger partial charge in [-0.05, 0) is 17.9 Å². The van der Waals surface area contributed by atoms with Crippen LogP contribution in [0.25, 0.3) is 0 Å². The van der Waals surface area contributed by atoms with Gasteiger partial charge in [0.1, 0.15) is 11.5 Å². The average Bonchev–Trinajstić information content (AvgIpc) is 2.93. The minimum absolute atomic E-state index is 0.146. The third-order valence-corrected chi connectivity index (χ3v) is 5.17. The molecule has 1 aromatic rings. The number of piperidine rings is 1. The second kappa shape index (κ2) is 4.64. The standard InChI is InChI=1S/C16H23NO3/c1-15-8-16(15,11-18)10-17(9-15)7-12-4-5-13(19-2)6-14(12)20-3/h4-6,18H,7-11H2,1-3H3. The van der Waals surface area contributed by atoms with Crippen molar-refractivity contribution in [2.45, 2.75) is 19.9 Å². The van der Waals surface area contributed by atoms with Crippen LogP contribution in [0.3, 0.4) is 0 Å². The summed E-state index contributed by atoms with van der Waals surface area (Å²) in [5.74, 6) is 1.68. The van der Waals surface area contributed by atoms with Crippen LogP contribution in [-0.4, -0.2) is 43.9 Å². The zero-order chi connectivity index (χ0) is 14.4. The molecule has 1 aliphatic carbocycles. The molecule has 2 unspecified atom stereocenters. The Labute approximate surface area is 120 Å². The highest BCUT2D eigenvalue weighted by Gasteiger charge is 2.68. The van der Waals surface area contributed by atoms with Crippen molar-refractivity contribution in [1.82, 2.24) is 4.90 Å². The monoisotopic (exact) mass is 277 g/mol. The summed E-state index contributed by atoms with van der Waals surface area (Å²) >= 11 is 0. The summed E-state index contributed by atoms with van der Waals surface area (Å²) in [7, 11) is 3.35. The SMILES string of the molecule is COc1ccc(CN2CC3(C)CC3(CO)C2)c(OC)c1. The van der Waals surface area contributed by atoms with Crippen LogP contribution < -0.4 is 9.47 Å². The molecular weight excluding hydrogens is 254 g/mol. The van der Waals surface area contributed by atoms with E-state index in [2.05, 4.69) is 17.9 Å². The molecule has 0 bridgehead atoms. The summed E-state index contributed by atoms with van der Waals surface area (Å²) in [6.07, 6.45) is 1.16. The van der Waals surface area contributed by atoms with E-state index < -0.39 is 0 Å². The lowest BCUT2D eigenvalue weighted by Gasteiger charge is -2.21. The van der Waals surface area contributed by atoms with E-state index in [1.807, 2.05) is 12.1 Å². The number of rotatable bonds is 5. The number of nitrogens with zero attached hydrogens (tertiary/aromatic N) is 1. The number of methoxy groups -OCH3 is 2. The first kappa shape index (κ1) is 13.7. The van der Waals surface area contributed by atoms with Gasteiger partial charge in [-0.3, -0.25) is 4.90 Å². The Morgan fingerprint density at radius 1 is 1.25 bits per heavy atom. The van der Waals surface area contributed by atoms with Gasteiger partial charge >= 0.3 is 0 Å². The quantitative estimate of drug-likeness (QED) is 0.892. The van der Waals surface area contributed by atoms with Gasteiger partial charge in [0.2, 0.25) is 0 Å². The van der Waals surface area contributed by atoms with Gasteiger partial charge < -0.3 is 14.6 Å². The molecule has 1 N–H and O–H groups in total. The van der Waals surface area contributed by atoms with Gasteiger partial charge in [-0.15, -0.1) is 0 Å². The van der Waals surface area contributed by atoms with Gasteiger partial charge in [-0.25, -0.2) is 0 Å². The Hall–Kier alpha value is -1.26. The van der Waals surface area contributed by atoms with E-state index in [4.69, 9.17) is 9.47 Å². The minimum atomic E-state index is 0.146. The van der Waals surface area contributed by atoms with Crippen LogP contribution in [0, 0.1) is 10.8 Å². The largest absolute Gasteiger partial charge is 0.497 e. The van der Waals surface area contributed by atoms with Crippen LogP contribution in [0.1, 0.15) is 18.9 Å². The minimum Gasteiger partial charge on any atom is -0.497 e. The number of hydrogen-bond donors (Lipinski definition) is 1. The molecule has 2 fully saturated rings. The van der Waals surface area contributed by atoms with E-state index in [1.165, 1.54) is 5.56 Å². The van der Waals surface area contributed by atoms with Gasteiger partial charge in [-0.1, -0.05) is 13.0 Å². The van der Waals surface area contributed by atoms with Gasteiger partial charge in [0, 0.05) is 36.7 Å². The van der Waals surface area contributed by atoms with Crippen LogP contribution in [0.15, 0.2) is 18.2 Å². The highest BCUT2D eigenvalue weighted by atomic mass is 16.5. The highest BCUT2D eigenvalue weighted by molar-refractivity contribution is 5.41. The third kappa shape index (κ3) is 1.98. The van der Waals surface area contributed by atoms with Crippen LogP contribution in [0.4, 0.5) is 0 Å². The van der Waals surface area contributed by atoms with Crippen molar-refractivity contribution in [2.75, 3.05) is 33.9 Å². The lowest BCUT2D eigenvalue weighted by Crippen LogP contribution is -2.26. The second-order valence-electron chi connectivity index (χ2n) is 6.50. The predicted molar refractivity (Wildman–Crippen MR) is 77.1 cm³/mol. The molecule has 0 aromatic heterocycles. The number of likely N-dealkylation sites (tertiary alicyclic amines) is 1. The summed E-state index contributed by atoms with van der Waals surface area (Å²) < 4.78 is 10.7. The number of fused-ring (bicyclic) bond motifs is 1. The first-order valence-corrected chi connectivity index (χ1v) is 7.10. The van der Waals surface area contributed by atoms with E-state index >= 15 is 0 Å². The van der Waals surface area contributed by atoms with Crippen molar-refractivity contribution in [3.8, 4) is 11.5 Å². The lowest BCUT2D eigenvalue weighted by molar-refractivity contribution is 0.181. The molecule has 0 spiro atoms. The van der Waals surface area contributed by atoms with Crippen LogP contribution >= 0.6 is 0 Å². The molecule has 4 nitrogen and oxygen atoms in total. The smallest absolute Gasteiger partial charge is 0.127 e. The molecule has 20 heavy (non-hydrogen) atoms. The Bertz CT molecular complexity index is 518. The molecule has 1 heterocycles. The Morgan fingerprint density at radius 2 is 2.05 bits per heavy atom. The fourth-order valence-electron chi connectivity index (χ4n) is 3.78. The maximum Gasteiger partial charge on any atom is 0.127 e. The molecule has 4 heteroatoms. The van der Waals surface area contributed by atoms with Gasteiger partial charge in [-0.2, -0.15) is 0 Å². The molecule has 1 saturated carbocycles. The van der Waals surface area contributed by atoms with Crippen LogP contribution in [-0.2, 0) is 6.54 Å². The highest BCUT2D eigenvalue weighted by Crippen LogP contribution is 2.67. The molecular formula is C16H23NO3. The molecule has 2 atom stereocenters. The van der Waals surface area contributed by atoms with E-state index in [-0.39, 0.29) is 5.41 Å². The molecule has 0 amide bonds. The van der Waals surface area contributed by atoms with Crippen molar-refractivity contribution in [1.29, 1.82) is 0 Å². The summed E-state index contributed by atoms with van der Waals surface area (Å²) in [6, 6.07) is 5.96. The molecule has 1 saturated heterocycles. The molecule has 0 radical (unpaired) electrons. The number of aliphatic hydroxyl groups is 1. The van der Waals surface area contributed by atoms with Crippen molar-refractivity contribution in [3.05, 3.63) is 23.8 Å². The van der Waals surface area contributed by atoms with E-state index in [1.54, 1.807) is 14.2 Å². The molecule has 110 valence electrons. The average molecular weight is 277 g/mol. The lowest BCUT2D eigenvalue weighted by atomic mass is 10.00. The van der Waals surface area contributed by atoms with Crippen molar-refractivity contribution >= 4 is 0 Å². The van der Waals surface area contributed by atoms with E-state index in [9.17, 15) is 5.11 Å². The first-order chi connectivity index (χ1) is 9.55. The number of benzene rings is 1. The van der Waals surface area contributed by atoms with Gasteiger partial charge in [0.25, 0.3) is 0 Å². The molecule has 3 rings (SSSR count). The van der Waals surface area contributed by atoms with Crippen molar-refractivity contribution in [3.63, 3.8) is 0 Å². The first-order valence-electron chi connectivity index (χ1n) is 7.10.